The van der Waals surface area contributed by atoms with Gasteiger partial charge in [-0.15, -0.1) is 0 Å². The van der Waals surface area contributed by atoms with Crippen molar-refractivity contribution < 1.29 is 19.1 Å². The summed E-state index contributed by atoms with van der Waals surface area (Å²) in [7, 11) is 1.54. The van der Waals surface area contributed by atoms with Crippen molar-refractivity contribution in [1.82, 2.24) is 4.57 Å². The number of nitrogens with zero attached hydrogens (tertiary/aromatic N) is 2. The summed E-state index contributed by atoms with van der Waals surface area (Å²) in [5, 5.41) is 12.3. The Hall–Kier alpha value is -4.31. The van der Waals surface area contributed by atoms with E-state index in [9.17, 15) is 14.9 Å². The Balaban J connectivity index is 1.87. The molecule has 0 radical (unpaired) electrons. The van der Waals surface area contributed by atoms with Gasteiger partial charge in [0.25, 0.3) is 5.91 Å². The van der Waals surface area contributed by atoms with Crippen LogP contribution >= 0.6 is 0 Å². The third-order valence-electron chi connectivity index (χ3n) is 5.10. The first-order valence-corrected chi connectivity index (χ1v) is 10.4. The molecule has 168 valence electrons. The number of hydrogen-bond acceptors (Lipinski definition) is 5. The lowest BCUT2D eigenvalue weighted by Crippen LogP contribution is -2.13. The van der Waals surface area contributed by atoms with E-state index in [1.54, 1.807) is 56.5 Å². The van der Waals surface area contributed by atoms with Crippen LogP contribution in [0.4, 0.5) is 5.69 Å². The number of rotatable bonds is 7. The summed E-state index contributed by atoms with van der Waals surface area (Å²) in [4.78, 5) is 24.6. The molecule has 0 bridgehead atoms. The maximum absolute atomic E-state index is 12.7. The average molecular weight is 444 g/mol. The fourth-order valence-corrected chi connectivity index (χ4v) is 3.50. The third kappa shape index (κ3) is 5.31. The van der Waals surface area contributed by atoms with Crippen LogP contribution in [0.25, 0.3) is 11.8 Å². The molecule has 1 aromatic heterocycles. The zero-order chi connectivity index (χ0) is 24.0. The van der Waals surface area contributed by atoms with Crippen LogP contribution < -0.4 is 10.1 Å². The van der Waals surface area contributed by atoms with Crippen LogP contribution in [-0.4, -0.2) is 30.2 Å². The van der Waals surface area contributed by atoms with Gasteiger partial charge >= 0.3 is 5.97 Å². The summed E-state index contributed by atoms with van der Waals surface area (Å²) in [5.74, 6) is -0.267. The number of esters is 1. The fraction of sp³-hybridized carbons (Fsp3) is 0.192. The highest BCUT2D eigenvalue weighted by atomic mass is 16.5. The molecule has 0 aliphatic rings. The van der Waals surface area contributed by atoms with Gasteiger partial charge in [-0.2, -0.15) is 5.26 Å². The molecule has 3 aromatic rings. The number of aryl methyl sites for hydroxylation is 1. The summed E-state index contributed by atoms with van der Waals surface area (Å²) >= 11 is 0. The maximum atomic E-state index is 12.7. The monoisotopic (exact) mass is 443 g/mol. The van der Waals surface area contributed by atoms with Crippen molar-refractivity contribution in [2.24, 2.45) is 0 Å². The molecule has 0 spiro atoms. The van der Waals surface area contributed by atoms with E-state index in [1.807, 2.05) is 42.7 Å². The lowest BCUT2D eigenvalue weighted by Gasteiger charge is -2.10. The van der Waals surface area contributed by atoms with Crippen molar-refractivity contribution >= 4 is 23.6 Å². The zero-order valence-electron chi connectivity index (χ0n) is 19.0. The largest absolute Gasteiger partial charge is 0.497 e. The number of nitriles is 1. The first-order valence-electron chi connectivity index (χ1n) is 10.4. The van der Waals surface area contributed by atoms with Gasteiger partial charge in [-0.1, -0.05) is 6.07 Å². The van der Waals surface area contributed by atoms with Gasteiger partial charge in [0.15, 0.2) is 0 Å². The molecule has 1 N–H and O–H groups in total. The molecular formula is C26H25N3O4. The molecule has 0 unspecified atom stereocenters. The van der Waals surface area contributed by atoms with Crippen molar-refractivity contribution in [3.63, 3.8) is 0 Å². The highest BCUT2D eigenvalue weighted by molar-refractivity contribution is 6.09. The van der Waals surface area contributed by atoms with E-state index >= 15 is 0 Å². The summed E-state index contributed by atoms with van der Waals surface area (Å²) in [6, 6.07) is 17.9. The molecule has 0 aliphatic carbocycles. The number of carbonyl (C=O) groups excluding carboxylic acids is 2. The molecule has 33 heavy (non-hydrogen) atoms. The first-order chi connectivity index (χ1) is 15.9. The van der Waals surface area contributed by atoms with E-state index in [0.717, 1.165) is 22.6 Å². The van der Waals surface area contributed by atoms with Gasteiger partial charge in [0, 0.05) is 28.8 Å². The van der Waals surface area contributed by atoms with Crippen molar-refractivity contribution in [2.45, 2.75) is 20.8 Å². The quantitative estimate of drug-likeness (QED) is 0.321. The molecule has 7 nitrogen and oxygen atoms in total. The van der Waals surface area contributed by atoms with Gasteiger partial charge in [-0.05, 0) is 74.9 Å². The topological polar surface area (TPSA) is 93.4 Å². The Morgan fingerprint density at radius 1 is 1.12 bits per heavy atom. The van der Waals surface area contributed by atoms with E-state index in [0.29, 0.717) is 23.6 Å². The number of hydrogen-bond donors (Lipinski definition) is 1. The Labute approximate surface area is 192 Å². The van der Waals surface area contributed by atoms with Crippen molar-refractivity contribution in [3.8, 4) is 17.5 Å². The van der Waals surface area contributed by atoms with Gasteiger partial charge in [0.2, 0.25) is 0 Å². The maximum Gasteiger partial charge on any atom is 0.338 e. The Bertz CT molecular complexity index is 1250. The summed E-state index contributed by atoms with van der Waals surface area (Å²) in [6.45, 7) is 5.93. The predicted octanol–water partition coefficient (Wildman–Crippen LogP) is 4.83. The molecule has 0 aliphatic heterocycles. The lowest BCUT2D eigenvalue weighted by atomic mass is 10.1. The zero-order valence-corrected chi connectivity index (χ0v) is 19.0. The van der Waals surface area contributed by atoms with Gasteiger partial charge in [-0.25, -0.2) is 4.79 Å². The molecular weight excluding hydrogens is 418 g/mol. The van der Waals surface area contributed by atoms with E-state index in [-0.39, 0.29) is 11.5 Å². The number of amides is 1. The van der Waals surface area contributed by atoms with Crippen molar-refractivity contribution in [3.05, 3.63) is 82.7 Å². The third-order valence-corrected chi connectivity index (χ3v) is 5.10. The molecule has 0 saturated heterocycles. The Morgan fingerprint density at radius 2 is 1.85 bits per heavy atom. The fourth-order valence-electron chi connectivity index (χ4n) is 3.50. The molecule has 1 heterocycles. The number of benzene rings is 2. The van der Waals surface area contributed by atoms with Gasteiger partial charge in [-0.3, -0.25) is 4.79 Å². The number of aromatic nitrogens is 1. The number of methoxy groups -OCH3 is 1. The summed E-state index contributed by atoms with van der Waals surface area (Å²) in [5.41, 5.74) is 4.38. The minimum atomic E-state index is -0.505. The second-order valence-corrected chi connectivity index (χ2v) is 7.29. The van der Waals surface area contributed by atoms with Crippen LogP contribution in [0.2, 0.25) is 0 Å². The van der Waals surface area contributed by atoms with Crippen LogP contribution in [0.3, 0.4) is 0 Å². The number of ether oxygens (including phenoxy) is 2. The van der Waals surface area contributed by atoms with Gasteiger partial charge in [0.1, 0.15) is 17.4 Å². The normalized spacial score (nSPS) is 10.9. The van der Waals surface area contributed by atoms with Crippen LogP contribution in [0, 0.1) is 25.2 Å². The van der Waals surface area contributed by atoms with Crippen LogP contribution in [0.15, 0.2) is 60.2 Å². The molecule has 1 amide bonds. The second kappa shape index (κ2) is 10.3. The SMILES string of the molecule is CCOC(=O)c1ccc(-n2c(C)cc(/C=C(/C#N)C(=O)Nc3cccc(OC)c3)c2C)cc1. The average Bonchev–Trinajstić information content (AvgIpc) is 3.10. The van der Waals surface area contributed by atoms with Crippen LogP contribution in [0.1, 0.15) is 34.2 Å². The van der Waals surface area contributed by atoms with Crippen LogP contribution in [-0.2, 0) is 9.53 Å². The number of nitrogens with one attached hydrogen (secondary N) is 1. The molecule has 0 saturated carbocycles. The highest BCUT2D eigenvalue weighted by Gasteiger charge is 2.15. The molecule has 7 heteroatoms. The summed E-state index contributed by atoms with van der Waals surface area (Å²) in [6.07, 6.45) is 1.57. The molecule has 2 aromatic carbocycles. The molecule has 0 atom stereocenters. The number of anilines is 1. The van der Waals surface area contributed by atoms with E-state index in [1.165, 1.54) is 0 Å². The van der Waals surface area contributed by atoms with E-state index in [4.69, 9.17) is 9.47 Å². The summed E-state index contributed by atoms with van der Waals surface area (Å²) < 4.78 is 12.2. The molecule has 3 rings (SSSR count). The van der Waals surface area contributed by atoms with Gasteiger partial charge in [0.05, 0.1) is 19.3 Å². The lowest BCUT2D eigenvalue weighted by molar-refractivity contribution is -0.112. The van der Waals surface area contributed by atoms with Crippen LogP contribution in [0.5, 0.6) is 5.75 Å². The van der Waals surface area contributed by atoms with Crippen molar-refractivity contribution in [1.29, 1.82) is 5.26 Å². The Morgan fingerprint density at radius 3 is 2.48 bits per heavy atom. The predicted molar refractivity (Wildman–Crippen MR) is 126 cm³/mol. The standard InChI is InChI=1S/C26H25N3O4/c1-5-33-26(31)19-9-11-23(12-10-19)29-17(2)13-20(18(29)3)14-21(16-27)25(30)28-22-7-6-8-24(15-22)32-4/h6-15H,5H2,1-4H3,(H,28,30)/b21-14-. The van der Waals surface area contributed by atoms with Gasteiger partial charge < -0.3 is 19.4 Å². The van der Waals surface area contributed by atoms with Crippen molar-refractivity contribution in [2.75, 3.05) is 19.0 Å². The number of carbonyl (C=O) groups is 2. The first kappa shape index (κ1) is 23.4. The molecule has 0 fully saturated rings. The Kier molecular flexibility index (Phi) is 7.31. The van der Waals surface area contributed by atoms with E-state index < -0.39 is 5.91 Å². The minimum absolute atomic E-state index is 0.0178. The second-order valence-electron chi connectivity index (χ2n) is 7.29. The highest BCUT2D eigenvalue weighted by Crippen LogP contribution is 2.24. The smallest absolute Gasteiger partial charge is 0.338 e. The van der Waals surface area contributed by atoms with E-state index in [2.05, 4.69) is 5.32 Å². The minimum Gasteiger partial charge on any atom is -0.497 e.